The van der Waals surface area contributed by atoms with Gasteiger partial charge in [-0.25, -0.2) is 8.78 Å². The van der Waals surface area contributed by atoms with E-state index < -0.39 is 47.0 Å². The molecule has 1 atom stereocenters. The van der Waals surface area contributed by atoms with Gasteiger partial charge in [0, 0.05) is 42.9 Å². The Kier molecular flexibility index (Phi) is 9.75. The molecule has 1 unspecified atom stereocenters. The van der Waals surface area contributed by atoms with Crippen molar-refractivity contribution in [2.75, 3.05) is 19.4 Å². The predicted molar refractivity (Wildman–Crippen MR) is 178 cm³/mol. The molecule has 5 aromatic rings. The summed E-state index contributed by atoms with van der Waals surface area (Å²) in [7, 11) is 1.31. The highest BCUT2D eigenvalue weighted by atomic mass is 32.2. The van der Waals surface area contributed by atoms with E-state index in [2.05, 4.69) is 4.90 Å². The number of halogens is 5. The molecule has 0 fully saturated rings. The maximum Gasteiger partial charge on any atom is 0.416 e. The van der Waals surface area contributed by atoms with Gasteiger partial charge in [-0.05, 0) is 47.4 Å². The number of hydrogen-bond acceptors (Lipinski definition) is 4. The highest BCUT2D eigenvalue weighted by molar-refractivity contribution is 7.99. The van der Waals surface area contributed by atoms with Gasteiger partial charge in [0.05, 0.1) is 29.3 Å². The van der Waals surface area contributed by atoms with Gasteiger partial charge >= 0.3 is 6.18 Å². The Morgan fingerprint density at radius 1 is 0.854 bits per heavy atom. The molecule has 48 heavy (non-hydrogen) atoms. The first-order valence-corrected chi connectivity index (χ1v) is 16.4. The minimum Gasteiger partial charge on any atom is -0.494 e. The van der Waals surface area contributed by atoms with Gasteiger partial charge in [0.2, 0.25) is 0 Å². The van der Waals surface area contributed by atoms with Gasteiger partial charge in [0.25, 0.3) is 5.56 Å². The van der Waals surface area contributed by atoms with Crippen LogP contribution in [0.3, 0.4) is 0 Å². The third-order valence-electron chi connectivity index (χ3n) is 8.71. The molecule has 1 aromatic heterocycles. The van der Waals surface area contributed by atoms with Gasteiger partial charge in [-0.2, -0.15) is 13.2 Å². The fourth-order valence-electron chi connectivity index (χ4n) is 6.44. The zero-order valence-corrected chi connectivity index (χ0v) is 27.2. The lowest BCUT2D eigenvalue weighted by atomic mass is 9.92. The number of benzene rings is 4. The lowest BCUT2D eigenvalue weighted by Crippen LogP contribution is -2.35. The number of fused-ring (bicyclic) bond motifs is 1. The standard InChI is InChI=1S/C38H33F5N2O2S/c1-24-29(19-30-31(38(41,42)43)16-10-17-32(30)39)37-45(36(46)34(24)28-15-9-18-33(47-2)35(28)40)27(23-48-37)22-44(20-25-11-5-3-6-12-25)21-26-13-7-4-8-14-26/h3-18,27H,19-23H2,1-2H3. The molecule has 1 aliphatic rings. The molecule has 248 valence electrons. The molecule has 0 amide bonds. The maximum atomic E-state index is 15.8. The number of pyridine rings is 1. The second-order valence-electron chi connectivity index (χ2n) is 11.8. The summed E-state index contributed by atoms with van der Waals surface area (Å²) in [5, 5.41) is 0.463. The number of nitrogens with zero attached hydrogens (tertiary/aromatic N) is 2. The fourth-order valence-corrected chi connectivity index (χ4v) is 7.81. The van der Waals surface area contributed by atoms with Gasteiger partial charge in [-0.1, -0.05) is 78.9 Å². The smallest absolute Gasteiger partial charge is 0.416 e. The highest BCUT2D eigenvalue weighted by Gasteiger charge is 2.37. The molecule has 0 spiro atoms. The summed E-state index contributed by atoms with van der Waals surface area (Å²) >= 11 is 1.35. The van der Waals surface area contributed by atoms with E-state index in [1.54, 1.807) is 17.6 Å². The van der Waals surface area contributed by atoms with Crippen molar-refractivity contribution in [3.63, 3.8) is 0 Å². The lowest BCUT2D eigenvalue weighted by Gasteiger charge is -2.28. The highest BCUT2D eigenvalue weighted by Crippen LogP contribution is 2.42. The normalized spacial score (nSPS) is 14.4. The molecule has 1 aliphatic heterocycles. The Balaban J connectivity index is 1.51. The van der Waals surface area contributed by atoms with E-state index in [-0.39, 0.29) is 16.9 Å². The van der Waals surface area contributed by atoms with Crippen LogP contribution in [0, 0.1) is 18.6 Å². The number of ether oxygens (including phenoxy) is 1. The van der Waals surface area contributed by atoms with E-state index in [4.69, 9.17) is 4.74 Å². The first kappa shape index (κ1) is 33.5. The number of methoxy groups -OCH3 is 1. The zero-order valence-electron chi connectivity index (χ0n) is 26.4. The quantitative estimate of drug-likeness (QED) is 0.138. The van der Waals surface area contributed by atoms with E-state index in [0.29, 0.717) is 41.5 Å². The molecule has 0 radical (unpaired) electrons. The van der Waals surface area contributed by atoms with Crippen molar-refractivity contribution in [2.24, 2.45) is 0 Å². The molecule has 6 rings (SSSR count). The van der Waals surface area contributed by atoms with Crippen LogP contribution in [0.1, 0.15) is 39.4 Å². The molecule has 4 nitrogen and oxygen atoms in total. The molecule has 0 saturated heterocycles. The van der Waals surface area contributed by atoms with Crippen LogP contribution in [0.5, 0.6) is 5.75 Å². The van der Waals surface area contributed by atoms with E-state index in [9.17, 15) is 18.0 Å². The molecule has 0 N–H and O–H groups in total. The molecule has 4 aromatic carbocycles. The molecule has 0 saturated carbocycles. The summed E-state index contributed by atoms with van der Waals surface area (Å²) in [4.78, 5) is 16.7. The van der Waals surface area contributed by atoms with E-state index >= 15 is 8.78 Å². The van der Waals surface area contributed by atoms with Crippen LogP contribution >= 0.6 is 11.8 Å². The average Bonchev–Trinajstić information content (AvgIpc) is 3.48. The van der Waals surface area contributed by atoms with E-state index in [1.165, 1.54) is 31.0 Å². The van der Waals surface area contributed by atoms with Crippen LogP contribution in [0.2, 0.25) is 0 Å². The molecule has 0 bridgehead atoms. The Hall–Kier alpha value is -4.41. The summed E-state index contributed by atoms with van der Waals surface area (Å²) < 4.78 is 80.2. The minimum absolute atomic E-state index is 0.0141. The number of thioether (sulfide) groups is 1. The van der Waals surface area contributed by atoms with Crippen molar-refractivity contribution in [3.05, 3.63) is 152 Å². The first-order chi connectivity index (χ1) is 23.1. The van der Waals surface area contributed by atoms with Crippen molar-refractivity contribution >= 4 is 11.8 Å². The predicted octanol–water partition coefficient (Wildman–Crippen LogP) is 9.07. The Morgan fingerprint density at radius 3 is 2.08 bits per heavy atom. The van der Waals surface area contributed by atoms with Crippen LogP contribution in [0.4, 0.5) is 22.0 Å². The summed E-state index contributed by atoms with van der Waals surface area (Å²) in [6, 6.07) is 26.8. The Morgan fingerprint density at radius 2 is 1.48 bits per heavy atom. The second-order valence-corrected chi connectivity index (χ2v) is 12.8. The lowest BCUT2D eigenvalue weighted by molar-refractivity contribution is -0.138. The van der Waals surface area contributed by atoms with Gasteiger partial charge in [0.1, 0.15) is 5.82 Å². The fraction of sp³-hybridized carbons (Fsp3) is 0.237. The number of hydrogen-bond donors (Lipinski definition) is 0. The molecule has 0 aliphatic carbocycles. The summed E-state index contributed by atoms with van der Waals surface area (Å²) in [6.45, 7) is 3.19. The van der Waals surface area contributed by atoms with Crippen LogP contribution in [-0.2, 0) is 25.7 Å². The largest absolute Gasteiger partial charge is 0.494 e. The Bertz CT molecular complexity index is 1940. The SMILES string of the molecule is COc1cccc(-c2c(C)c(Cc3c(F)cccc3C(F)(F)F)c3n(c2=O)C(CN(Cc2ccccc2)Cc2ccccc2)CS3)c1F. The van der Waals surface area contributed by atoms with Crippen LogP contribution in [-0.4, -0.2) is 28.9 Å². The van der Waals surface area contributed by atoms with Gasteiger partial charge in [-0.15, -0.1) is 11.8 Å². The number of rotatable bonds is 10. The Labute approximate surface area is 279 Å². The van der Waals surface area contributed by atoms with Crippen molar-refractivity contribution in [1.82, 2.24) is 9.47 Å². The van der Waals surface area contributed by atoms with Crippen LogP contribution in [0.15, 0.2) is 107 Å². The second kappa shape index (κ2) is 14.0. The summed E-state index contributed by atoms with van der Waals surface area (Å²) in [5.74, 6) is -1.38. The summed E-state index contributed by atoms with van der Waals surface area (Å²) in [5.41, 5.74) is 0.727. The maximum absolute atomic E-state index is 15.8. The van der Waals surface area contributed by atoms with Crippen LogP contribution < -0.4 is 10.3 Å². The van der Waals surface area contributed by atoms with Crippen molar-refractivity contribution < 1.29 is 26.7 Å². The minimum atomic E-state index is -4.80. The molecular formula is C38H33F5N2O2S. The van der Waals surface area contributed by atoms with E-state index in [0.717, 1.165) is 29.3 Å². The van der Waals surface area contributed by atoms with Gasteiger partial charge in [0.15, 0.2) is 11.6 Å². The van der Waals surface area contributed by atoms with Gasteiger partial charge < -0.3 is 4.74 Å². The molecule has 2 heterocycles. The third-order valence-corrected chi connectivity index (χ3v) is 9.98. The average molecular weight is 677 g/mol. The molecule has 10 heteroatoms. The monoisotopic (exact) mass is 676 g/mol. The zero-order chi connectivity index (χ0) is 34.0. The van der Waals surface area contributed by atoms with Crippen molar-refractivity contribution in [3.8, 4) is 16.9 Å². The van der Waals surface area contributed by atoms with Crippen molar-refractivity contribution in [2.45, 2.75) is 43.7 Å². The van der Waals surface area contributed by atoms with Crippen LogP contribution in [0.25, 0.3) is 11.1 Å². The summed E-state index contributed by atoms with van der Waals surface area (Å²) in [6.07, 6.45) is -5.23. The topological polar surface area (TPSA) is 34.5 Å². The number of aromatic nitrogens is 1. The van der Waals surface area contributed by atoms with Gasteiger partial charge in [-0.3, -0.25) is 14.3 Å². The van der Waals surface area contributed by atoms with E-state index in [1.807, 2.05) is 60.7 Å². The third kappa shape index (κ3) is 6.77. The number of alkyl halides is 3. The first-order valence-electron chi connectivity index (χ1n) is 15.4. The van der Waals surface area contributed by atoms with Crippen molar-refractivity contribution in [1.29, 1.82) is 0 Å². The molecular weight excluding hydrogens is 643 g/mol.